The lowest BCUT2D eigenvalue weighted by Crippen LogP contribution is -2.40. The second-order valence-electron chi connectivity index (χ2n) is 5.71. The SMILES string of the molecule is CNC(=O)c1[nH]c(=O)c(O)c2c1CCN(Cc1ccc(F)cc1)C2=O. The van der Waals surface area contributed by atoms with E-state index in [0.29, 0.717) is 24.1 Å². The first-order valence-corrected chi connectivity index (χ1v) is 7.66. The standard InChI is InChI=1S/C17H16FN3O4/c1-19-15(23)13-11-6-7-21(8-9-2-4-10(18)5-3-9)17(25)12(11)14(22)16(24)20-13/h2-5,22H,6-8H2,1H3,(H,19,23)(H,20,24). The molecule has 0 radical (unpaired) electrons. The minimum absolute atomic E-state index is 0.0184. The maximum Gasteiger partial charge on any atom is 0.291 e. The second-order valence-corrected chi connectivity index (χ2v) is 5.71. The molecule has 2 aromatic rings. The zero-order chi connectivity index (χ0) is 18.1. The van der Waals surface area contributed by atoms with E-state index in [1.807, 2.05) is 0 Å². The Hall–Kier alpha value is -3.16. The van der Waals surface area contributed by atoms with Gasteiger partial charge in [0.25, 0.3) is 17.4 Å². The van der Waals surface area contributed by atoms with Crippen LogP contribution in [0.4, 0.5) is 4.39 Å². The highest BCUT2D eigenvalue weighted by molar-refractivity contribution is 6.03. The number of aromatic nitrogens is 1. The van der Waals surface area contributed by atoms with Crippen molar-refractivity contribution in [2.75, 3.05) is 13.6 Å². The number of nitrogens with one attached hydrogen (secondary N) is 2. The average molecular weight is 345 g/mol. The summed E-state index contributed by atoms with van der Waals surface area (Å²) in [4.78, 5) is 40.3. The number of amides is 2. The van der Waals surface area contributed by atoms with E-state index in [0.717, 1.165) is 0 Å². The van der Waals surface area contributed by atoms with Gasteiger partial charge in [-0.05, 0) is 29.7 Å². The lowest BCUT2D eigenvalue weighted by atomic mass is 9.96. The highest BCUT2D eigenvalue weighted by Gasteiger charge is 2.32. The second kappa shape index (κ2) is 6.39. The van der Waals surface area contributed by atoms with Crippen molar-refractivity contribution >= 4 is 11.8 Å². The summed E-state index contributed by atoms with van der Waals surface area (Å²) in [5.41, 5.74) is -0.0361. The average Bonchev–Trinajstić information content (AvgIpc) is 2.61. The van der Waals surface area contributed by atoms with Crippen LogP contribution in [0.1, 0.15) is 32.0 Å². The number of benzene rings is 1. The van der Waals surface area contributed by atoms with E-state index in [1.165, 1.54) is 24.1 Å². The van der Waals surface area contributed by atoms with Crippen molar-refractivity contribution < 1.29 is 19.1 Å². The van der Waals surface area contributed by atoms with Crippen LogP contribution in [0.2, 0.25) is 0 Å². The fraction of sp³-hybridized carbons (Fsp3) is 0.235. The first kappa shape index (κ1) is 16.7. The Labute approximate surface area is 142 Å². The number of carbonyl (C=O) groups is 2. The lowest BCUT2D eigenvalue weighted by molar-refractivity contribution is 0.0722. The summed E-state index contributed by atoms with van der Waals surface area (Å²) in [5.74, 6) is -2.15. The van der Waals surface area contributed by atoms with Gasteiger partial charge in [-0.2, -0.15) is 0 Å². The zero-order valence-electron chi connectivity index (χ0n) is 13.4. The van der Waals surface area contributed by atoms with E-state index in [2.05, 4.69) is 10.3 Å². The van der Waals surface area contributed by atoms with Crippen molar-refractivity contribution in [2.24, 2.45) is 0 Å². The molecular formula is C17H16FN3O4. The number of hydrogen-bond acceptors (Lipinski definition) is 4. The molecule has 0 spiro atoms. The predicted molar refractivity (Wildman–Crippen MR) is 87.0 cm³/mol. The molecule has 0 saturated carbocycles. The van der Waals surface area contributed by atoms with Crippen LogP contribution < -0.4 is 10.9 Å². The molecule has 2 amide bonds. The summed E-state index contributed by atoms with van der Waals surface area (Å²) >= 11 is 0. The van der Waals surface area contributed by atoms with Crippen LogP contribution >= 0.6 is 0 Å². The fourth-order valence-corrected chi connectivity index (χ4v) is 2.90. The van der Waals surface area contributed by atoms with E-state index in [-0.39, 0.29) is 23.6 Å². The van der Waals surface area contributed by atoms with Gasteiger partial charge in [-0.25, -0.2) is 4.39 Å². The quantitative estimate of drug-likeness (QED) is 0.765. The third-order valence-corrected chi connectivity index (χ3v) is 4.17. The van der Waals surface area contributed by atoms with E-state index >= 15 is 0 Å². The third kappa shape index (κ3) is 2.98. The van der Waals surface area contributed by atoms with Crippen molar-refractivity contribution in [3.63, 3.8) is 0 Å². The van der Waals surface area contributed by atoms with Crippen LogP contribution in [0, 0.1) is 5.82 Å². The van der Waals surface area contributed by atoms with E-state index < -0.39 is 23.1 Å². The minimum atomic E-state index is -0.894. The normalized spacial score (nSPS) is 13.5. The molecule has 1 aliphatic heterocycles. The van der Waals surface area contributed by atoms with Gasteiger partial charge < -0.3 is 20.3 Å². The number of aromatic hydroxyl groups is 1. The molecule has 25 heavy (non-hydrogen) atoms. The largest absolute Gasteiger partial charge is 0.502 e. The first-order chi connectivity index (χ1) is 11.9. The van der Waals surface area contributed by atoms with Gasteiger partial charge in [-0.1, -0.05) is 12.1 Å². The van der Waals surface area contributed by atoms with Crippen molar-refractivity contribution in [1.29, 1.82) is 0 Å². The summed E-state index contributed by atoms with van der Waals surface area (Å²) < 4.78 is 13.0. The molecule has 1 aliphatic rings. The van der Waals surface area contributed by atoms with Crippen molar-refractivity contribution in [3.8, 4) is 5.75 Å². The molecule has 130 valence electrons. The van der Waals surface area contributed by atoms with Gasteiger partial charge in [0.1, 0.15) is 11.5 Å². The van der Waals surface area contributed by atoms with Crippen molar-refractivity contribution in [1.82, 2.24) is 15.2 Å². The molecule has 7 nitrogen and oxygen atoms in total. The third-order valence-electron chi connectivity index (χ3n) is 4.17. The summed E-state index contributed by atoms with van der Waals surface area (Å²) in [6.45, 7) is 0.513. The van der Waals surface area contributed by atoms with Crippen LogP contribution in [0.3, 0.4) is 0 Å². The van der Waals surface area contributed by atoms with Gasteiger partial charge in [0.15, 0.2) is 5.75 Å². The minimum Gasteiger partial charge on any atom is -0.502 e. The number of pyridine rings is 1. The molecule has 0 bridgehead atoms. The Morgan fingerprint density at radius 1 is 1.32 bits per heavy atom. The molecular weight excluding hydrogens is 329 g/mol. The molecule has 0 saturated heterocycles. The maximum absolute atomic E-state index is 13.0. The predicted octanol–water partition coefficient (Wildman–Crippen LogP) is 0.778. The van der Waals surface area contributed by atoms with Crippen LogP contribution in [0.15, 0.2) is 29.1 Å². The van der Waals surface area contributed by atoms with E-state index in [1.54, 1.807) is 12.1 Å². The first-order valence-electron chi connectivity index (χ1n) is 7.66. The molecule has 1 aromatic carbocycles. The Kier molecular flexibility index (Phi) is 4.26. The maximum atomic E-state index is 13.0. The topological polar surface area (TPSA) is 102 Å². The molecule has 1 aromatic heterocycles. The summed E-state index contributed by atoms with van der Waals surface area (Å²) in [6.07, 6.45) is 0.301. The summed E-state index contributed by atoms with van der Waals surface area (Å²) in [7, 11) is 1.41. The highest BCUT2D eigenvalue weighted by Crippen LogP contribution is 2.27. The van der Waals surface area contributed by atoms with Gasteiger partial charge in [0.05, 0.1) is 5.56 Å². The molecule has 0 unspecified atom stereocenters. The van der Waals surface area contributed by atoms with Gasteiger partial charge in [0.2, 0.25) is 0 Å². The number of carbonyl (C=O) groups excluding carboxylic acids is 2. The van der Waals surface area contributed by atoms with Crippen LogP contribution in [0.25, 0.3) is 0 Å². The number of H-pyrrole nitrogens is 1. The molecule has 0 aliphatic carbocycles. The molecule has 0 atom stereocenters. The van der Waals surface area contributed by atoms with Crippen molar-refractivity contribution in [2.45, 2.75) is 13.0 Å². The number of hydrogen-bond donors (Lipinski definition) is 3. The number of nitrogens with zero attached hydrogens (tertiary/aromatic N) is 1. The van der Waals surface area contributed by atoms with Crippen LogP contribution in [-0.2, 0) is 13.0 Å². The Morgan fingerprint density at radius 2 is 2.00 bits per heavy atom. The van der Waals surface area contributed by atoms with E-state index in [9.17, 15) is 23.9 Å². The van der Waals surface area contributed by atoms with Crippen LogP contribution in [0.5, 0.6) is 5.75 Å². The molecule has 8 heteroatoms. The van der Waals surface area contributed by atoms with Gasteiger partial charge in [-0.3, -0.25) is 14.4 Å². The number of aromatic amines is 1. The van der Waals surface area contributed by atoms with Gasteiger partial charge in [0, 0.05) is 20.1 Å². The monoisotopic (exact) mass is 345 g/mol. The van der Waals surface area contributed by atoms with Crippen LogP contribution in [-0.4, -0.2) is 40.4 Å². The fourth-order valence-electron chi connectivity index (χ4n) is 2.90. The zero-order valence-corrected chi connectivity index (χ0v) is 13.4. The summed E-state index contributed by atoms with van der Waals surface area (Å²) in [6, 6.07) is 5.71. The summed E-state index contributed by atoms with van der Waals surface area (Å²) in [5, 5.41) is 12.4. The number of fused-ring (bicyclic) bond motifs is 1. The molecule has 2 heterocycles. The van der Waals surface area contributed by atoms with E-state index in [4.69, 9.17) is 0 Å². The molecule has 3 rings (SSSR count). The Bertz CT molecular complexity index is 905. The molecule has 0 fully saturated rings. The Balaban J connectivity index is 1.99. The Morgan fingerprint density at radius 3 is 2.64 bits per heavy atom. The smallest absolute Gasteiger partial charge is 0.291 e. The van der Waals surface area contributed by atoms with Crippen molar-refractivity contribution in [3.05, 3.63) is 62.8 Å². The number of halogens is 1. The van der Waals surface area contributed by atoms with Gasteiger partial charge in [-0.15, -0.1) is 0 Å². The highest BCUT2D eigenvalue weighted by atomic mass is 19.1. The van der Waals surface area contributed by atoms with Gasteiger partial charge >= 0.3 is 0 Å². The number of rotatable bonds is 3. The lowest BCUT2D eigenvalue weighted by Gasteiger charge is -2.29. The molecule has 3 N–H and O–H groups in total.